The molecule has 17 nitrogen and oxygen atoms in total. The van der Waals surface area contributed by atoms with Crippen molar-refractivity contribution >= 4 is 29.2 Å². The number of methoxy groups -OCH3 is 1. The van der Waals surface area contributed by atoms with Gasteiger partial charge in [-0.3, -0.25) is 19.5 Å². The highest BCUT2D eigenvalue weighted by Crippen LogP contribution is 2.47. The number of aryl methyl sites for hydroxylation is 2. The number of nitrogens with zero attached hydrogens (tertiary/aromatic N) is 6. The number of ketones is 1. The minimum Gasteiger partial charge on any atom is -0.496 e. The summed E-state index contributed by atoms with van der Waals surface area (Å²) < 4.78 is 168. The van der Waals surface area contributed by atoms with Crippen molar-refractivity contribution in [2.45, 2.75) is 175 Å². The van der Waals surface area contributed by atoms with Crippen LogP contribution in [0.4, 0.5) is 53.1 Å². The second-order valence-corrected chi connectivity index (χ2v) is 29.2. The van der Waals surface area contributed by atoms with Crippen LogP contribution in [0.2, 0.25) is 0 Å². The van der Waals surface area contributed by atoms with Crippen LogP contribution in [0.1, 0.15) is 171 Å². The number of rotatable bonds is 29. The lowest BCUT2D eigenvalue weighted by molar-refractivity contribution is -0.757. The van der Waals surface area contributed by atoms with Crippen molar-refractivity contribution in [2.75, 3.05) is 20.3 Å². The standard InChI is InChI=1S/C38H43FN2O8.C30H25F10NO3.C18H18N2S.C2H3N/c1-26(2)37-36(33(44)23-27-11-5-3-6-12-27)35(28-13-7-4-8-14-28)38(29-15-17-30(39)18-16-29)40(37)20-19-31(42)24-32(43)25-34(45)48-21-9-10-22-49-41(46)47;1-14(2)22-11-23(25(43-4)12-24(22)31)21-6-5-18(28(32,33)34)9-17(21)13-41-15(3)26(44-27(41)42)16-7-19(29(35,36)37)10-20(8-16)30(38,39)40;1-3-4-16-11-15(9-10-19-16)18-20-17(12-21-18)14-7-5-13(2)6-8-14;1-2-3/h3-8,11-18,26,31-32,42-43H,9-10,19-25H2,1-2H3;5-12,14-15,26H,13H2,1-4H3;5-12H,3-4H2,1-2H3;1H3/t31-,32-;15-,26-;;/m10../s1. The number of aromatic nitrogens is 3. The Labute approximate surface area is 674 Å². The molecule has 1 aliphatic heterocycles. The number of amides is 1. The third-order valence-corrected chi connectivity index (χ3v) is 19.8. The number of halogens is 11. The van der Waals surface area contributed by atoms with E-state index in [1.165, 1.54) is 50.3 Å². The number of carbonyl (C=O) groups excluding carboxylic acids is 3. The molecule has 117 heavy (non-hydrogen) atoms. The number of ether oxygens (including phenoxy) is 3. The zero-order valence-electron chi connectivity index (χ0n) is 65.6. The van der Waals surface area contributed by atoms with E-state index in [0.717, 1.165) is 92.0 Å². The molecule has 4 heterocycles. The van der Waals surface area contributed by atoms with Gasteiger partial charge in [-0.25, -0.2) is 18.6 Å². The molecule has 0 radical (unpaired) electrons. The lowest BCUT2D eigenvalue weighted by Crippen LogP contribution is -2.32. The van der Waals surface area contributed by atoms with Gasteiger partial charge >= 0.3 is 30.6 Å². The second kappa shape index (κ2) is 41.5. The van der Waals surface area contributed by atoms with Gasteiger partial charge < -0.3 is 33.8 Å². The van der Waals surface area contributed by atoms with Crippen molar-refractivity contribution in [2.24, 2.45) is 0 Å². The summed E-state index contributed by atoms with van der Waals surface area (Å²) in [5.41, 5.74) is 6.57. The molecule has 4 atom stereocenters. The smallest absolute Gasteiger partial charge is 0.416 e. The SMILES string of the molecule is CC#N.CC(C)c1c(C(=O)Cc2ccccc2)c(-c2ccccc2)c(-c2ccc(F)cc2)n1CC[C@@H](O)C[C@@H](O)CC(=O)OCCCCO[N+](=O)[O-].CCCc1cc(-c2nc(-c3ccc(C)cc3)cs2)ccn1.COc1cc(F)c(C(C)C)cc1-c1ccc(C(F)(F)F)cc1CN1C(=O)O[C@H](c2cc(C(F)(F)F)cc(C(F)(F)F)c2)[C@@H]1C. The number of esters is 1. The molecule has 0 saturated carbocycles. The summed E-state index contributed by atoms with van der Waals surface area (Å²) in [5.74, 6) is -2.17. The van der Waals surface area contributed by atoms with Crippen molar-refractivity contribution < 1.29 is 97.0 Å². The molecule has 1 aliphatic rings. The minimum atomic E-state index is -5.16. The molecule has 0 spiro atoms. The van der Waals surface area contributed by atoms with Gasteiger partial charge in [-0.05, 0) is 170 Å². The summed E-state index contributed by atoms with van der Waals surface area (Å²) in [6.07, 6.45) is -15.4. The van der Waals surface area contributed by atoms with Crippen LogP contribution >= 0.6 is 11.3 Å². The van der Waals surface area contributed by atoms with Crippen LogP contribution in [-0.4, -0.2) is 91.2 Å². The topological polar surface area (TPSA) is 229 Å². The van der Waals surface area contributed by atoms with Gasteiger partial charge in [0, 0.05) is 76.7 Å². The van der Waals surface area contributed by atoms with Gasteiger partial charge in [-0.15, -0.1) is 21.5 Å². The average Bonchev–Trinajstić information content (AvgIpc) is 1.66. The predicted octanol–water partition coefficient (Wildman–Crippen LogP) is 22.4. The highest BCUT2D eigenvalue weighted by molar-refractivity contribution is 7.13. The highest BCUT2D eigenvalue weighted by Gasteiger charge is 2.44. The predicted molar refractivity (Wildman–Crippen MR) is 422 cm³/mol. The van der Waals surface area contributed by atoms with Crippen LogP contribution in [0.25, 0.3) is 55.3 Å². The zero-order valence-corrected chi connectivity index (χ0v) is 66.4. The van der Waals surface area contributed by atoms with Gasteiger partial charge in [0.2, 0.25) is 0 Å². The fourth-order valence-corrected chi connectivity index (χ4v) is 14.1. The molecule has 620 valence electrons. The number of alkyl halides is 9. The summed E-state index contributed by atoms with van der Waals surface area (Å²) in [5, 5.41) is 41.4. The number of unbranched alkanes of at least 4 members (excludes halogenated alkanes) is 1. The molecule has 3 aromatic heterocycles. The van der Waals surface area contributed by atoms with E-state index in [2.05, 4.69) is 59.4 Å². The molecule has 0 unspecified atom stereocenters. The molecule has 2 N–H and O–H groups in total. The Balaban J connectivity index is 0.000000229. The van der Waals surface area contributed by atoms with Gasteiger partial charge in [0.25, 0.3) is 5.09 Å². The highest BCUT2D eigenvalue weighted by atomic mass is 32.1. The van der Waals surface area contributed by atoms with Crippen LogP contribution < -0.4 is 4.74 Å². The van der Waals surface area contributed by atoms with Gasteiger partial charge in [-0.1, -0.05) is 138 Å². The summed E-state index contributed by atoms with van der Waals surface area (Å²) in [4.78, 5) is 63.9. The van der Waals surface area contributed by atoms with E-state index in [0.29, 0.717) is 36.1 Å². The molecule has 0 bridgehead atoms. The zero-order chi connectivity index (χ0) is 85.6. The van der Waals surface area contributed by atoms with Crippen LogP contribution in [-0.2, 0) is 63.6 Å². The van der Waals surface area contributed by atoms with Crippen molar-refractivity contribution in [1.82, 2.24) is 19.4 Å². The van der Waals surface area contributed by atoms with Crippen molar-refractivity contribution in [3.8, 4) is 67.2 Å². The number of Topliss-reactive ketones (excluding diaryl/α,β-unsaturated/α-hetero) is 1. The average molecular weight is 1650 g/mol. The van der Waals surface area contributed by atoms with Gasteiger partial charge in [0.05, 0.1) is 85.7 Å². The Hall–Kier alpha value is -11.4. The van der Waals surface area contributed by atoms with Gasteiger partial charge in [0.15, 0.2) is 5.78 Å². The number of thiazole rings is 1. The Morgan fingerprint density at radius 3 is 1.94 bits per heavy atom. The fourth-order valence-electron chi connectivity index (χ4n) is 13.3. The maximum absolute atomic E-state index is 14.7. The fraction of sp³-hybridized carbons (Fsp3) is 0.341. The Bertz CT molecular complexity index is 5000. The Morgan fingerprint density at radius 1 is 0.735 bits per heavy atom. The van der Waals surface area contributed by atoms with E-state index < -0.39 is 94.6 Å². The van der Waals surface area contributed by atoms with E-state index in [-0.39, 0.29) is 103 Å². The van der Waals surface area contributed by atoms with Crippen LogP contribution in [0.15, 0.2) is 181 Å². The minimum absolute atomic E-state index is 0.0218. The number of benzene rings is 7. The molecule has 29 heteroatoms. The quantitative estimate of drug-likeness (QED) is 0.0111. The van der Waals surface area contributed by atoms with E-state index in [4.69, 9.17) is 24.5 Å². The molecular weight excluding hydrogens is 1560 g/mol. The number of carbonyl (C=O) groups is 3. The molecule has 1 amide bonds. The maximum atomic E-state index is 14.7. The third kappa shape index (κ3) is 25.1. The summed E-state index contributed by atoms with van der Waals surface area (Å²) in [7, 11) is 1.23. The first-order valence-corrected chi connectivity index (χ1v) is 38.4. The number of nitriles is 1. The summed E-state index contributed by atoms with van der Waals surface area (Å²) >= 11 is 1.69. The first-order valence-electron chi connectivity index (χ1n) is 37.5. The monoisotopic (exact) mass is 1650 g/mol. The number of aliphatic hydroxyl groups excluding tert-OH is 2. The van der Waals surface area contributed by atoms with E-state index in [1.54, 1.807) is 43.4 Å². The second-order valence-electron chi connectivity index (χ2n) is 28.3. The Kier molecular flexibility index (Phi) is 32.3. The number of hydrogen-bond acceptors (Lipinski definition) is 15. The van der Waals surface area contributed by atoms with E-state index >= 15 is 0 Å². The Morgan fingerprint density at radius 2 is 1.35 bits per heavy atom. The number of cyclic esters (lactones) is 1. The first kappa shape index (κ1) is 91.2. The molecule has 1 saturated heterocycles. The molecule has 10 aromatic rings. The summed E-state index contributed by atoms with van der Waals surface area (Å²) in [6, 6.07) is 44.4. The lowest BCUT2D eigenvalue weighted by Gasteiger charge is -2.24. The normalized spacial score (nSPS) is 13.9. The van der Waals surface area contributed by atoms with Crippen LogP contribution in [0, 0.1) is 40.0 Å². The molecule has 0 aliphatic carbocycles. The molecule has 11 rings (SSSR count). The maximum Gasteiger partial charge on any atom is 0.416 e. The van der Waals surface area contributed by atoms with Crippen LogP contribution in [0.3, 0.4) is 0 Å². The van der Waals surface area contributed by atoms with Gasteiger partial charge in [-0.2, -0.15) is 44.8 Å². The van der Waals surface area contributed by atoms with Gasteiger partial charge in [0.1, 0.15) is 28.5 Å². The first-order chi connectivity index (χ1) is 55.4. The van der Waals surface area contributed by atoms with Crippen LogP contribution in [0.5, 0.6) is 5.75 Å². The largest absolute Gasteiger partial charge is 0.496 e. The molecular formula is C88H89F11N6O11S. The molecule has 1 fully saturated rings. The van der Waals surface area contributed by atoms with E-state index in [9.17, 15) is 83.0 Å². The number of pyridine rings is 1. The molecule has 7 aromatic carbocycles. The van der Waals surface area contributed by atoms with Crippen molar-refractivity contribution in [3.05, 3.63) is 265 Å². The van der Waals surface area contributed by atoms with E-state index in [1.807, 2.05) is 91.3 Å². The lowest BCUT2D eigenvalue weighted by atomic mass is 9.90. The van der Waals surface area contributed by atoms with Crippen molar-refractivity contribution in [1.29, 1.82) is 5.26 Å². The number of aliphatic hydroxyl groups is 2. The summed E-state index contributed by atoms with van der Waals surface area (Å²) in [6.45, 7) is 14.0. The van der Waals surface area contributed by atoms with Crippen molar-refractivity contribution in [3.63, 3.8) is 0 Å². The third-order valence-electron chi connectivity index (χ3n) is 18.9. The number of hydrogen-bond donors (Lipinski definition) is 2.